The molecule has 0 unspecified atom stereocenters. The smallest absolute Gasteiger partial charge is 0.323 e. The molecule has 0 atom stereocenters. The topological polar surface area (TPSA) is 75.4 Å². The van der Waals surface area contributed by atoms with Crippen LogP contribution in [-0.4, -0.2) is 23.8 Å². The molecule has 2 amide bonds. The second kappa shape index (κ2) is 5.48. The van der Waals surface area contributed by atoms with Crippen LogP contribution in [0.15, 0.2) is 24.3 Å². The molecule has 0 radical (unpaired) electrons. The van der Waals surface area contributed by atoms with Gasteiger partial charge in [-0.15, -0.1) is 0 Å². The first kappa shape index (κ1) is 12.5. The molecule has 0 aliphatic heterocycles. The highest BCUT2D eigenvalue weighted by Crippen LogP contribution is 2.10. The standard InChI is InChI=1S/C10H12ClN3O2/c1-14(10(16)9(15)13-12)6-7-2-4-8(11)5-3-7/h2-5H,6,12H2,1H3,(H,13,15). The van der Waals surface area contributed by atoms with Gasteiger partial charge in [0.25, 0.3) is 0 Å². The number of hydrazine groups is 1. The highest BCUT2D eigenvalue weighted by molar-refractivity contribution is 6.34. The molecule has 1 aromatic rings. The Bertz CT molecular complexity index is 392. The summed E-state index contributed by atoms with van der Waals surface area (Å²) in [6.45, 7) is 0.323. The number of nitrogens with one attached hydrogen (secondary N) is 1. The second-order valence-corrected chi connectivity index (χ2v) is 3.70. The first-order valence-corrected chi connectivity index (χ1v) is 4.93. The zero-order valence-corrected chi connectivity index (χ0v) is 9.49. The zero-order valence-electron chi connectivity index (χ0n) is 8.74. The molecular weight excluding hydrogens is 230 g/mol. The molecule has 0 aliphatic rings. The van der Waals surface area contributed by atoms with Crippen molar-refractivity contribution >= 4 is 23.4 Å². The molecule has 3 N–H and O–H groups in total. The van der Waals surface area contributed by atoms with Crippen LogP contribution in [0.25, 0.3) is 0 Å². The number of likely N-dealkylation sites (N-methyl/N-ethyl adjacent to an activating group) is 1. The molecule has 5 nitrogen and oxygen atoms in total. The van der Waals surface area contributed by atoms with Crippen LogP contribution in [-0.2, 0) is 16.1 Å². The Balaban J connectivity index is 2.64. The summed E-state index contributed by atoms with van der Waals surface area (Å²) in [6, 6.07) is 7.01. The Morgan fingerprint density at radius 3 is 2.44 bits per heavy atom. The highest BCUT2D eigenvalue weighted by atomic mass is 35.5. The van der Waals surface area contributed by atoms with E-state index in [1.54, 1.807) is 29.7 Å². The highest BCUT2D eigenvalue weighted by Gasteiger charge is 2.17. The molecule has 16 heavy (non-hydrogen) atoms. The van der Waals surface area contributed by atoms with Crippen LogP contribution in [0.1, 0.15) is 5.56 Å². The summed E-state index contributed by atoms with van der Waals surface area (Å²) in [5, 5.41) is 0.623. The Morgan fingerprint density at radius 2 is 1.94 bits per heavy atom. The predicted molar refractivity (Wildman–Crippen MR) is 60.3 cm³/mol. The predicted octanol–water partition coefficient (Wildman–Crippen LogP) is 0.288. The molecule has 0 aliphatic carbocycles. The number of carbonyl (C=O) groups is 2. The van der Waals surface area contributed by atoms with Gasteiger partial charge in [0.15, 0.2) is 0 Å². The van der Waals surface area contributed by atoms with Gasteiger partial charge in [0.05, 0.1) is 0 Å². The summed E-state index contributed by atoms with van der Waals surface area (Å²) in [4.78, 5) is 23.6. The first-order valence-electron chi connectivity index (χ1n) is 4.55. The summed E-state index contributed by atoms with van der Waals surface area (Å²) in [5.74, 6) is 3.34. The van der Waals surface area contributed by atoms with Gasteiger partial charge in [-0.2, -0.15) is 0 Å². The molecule has 1 rings (SSSR count). The Morgan fingerprint density at radius 1 is 1.38 bits per heavy atom. The molecular formula is C10H12ClN3O2. The average Bonchev–Trinajstić information content (AvgIpc) is 2.30. The lowest BCUT2D eigenvalue weighted by molar-refractivity contribution is -0.145. The van der Waals surface area contributed by atoms with Crippen LogP contribution in [0.5, 0.6) is 0 Å². The van der Waals surface area contributed by atoms with Gasteiger partial charge in [-0.3, -0.25) is 15.0 Å². The monoisotopic (exact) mass is 241 g/mol. The van der Waals surface area contributed by atoms with Crippen LogP contribution in [0.3, 0.4) is 0 Å². The van der Waals surface area contributed by atoms with Gasteiger partial charge >= 0.3 is 11.8 Å². The van der Waals surface area contributed by atoms with Gasteiger partial charge in [0.2, 0.25) is 0 Å². The number of nitrogens with zero attached hydrogens (tertiary/aromatic N) is 1. The fraction of sp³-hybridized carbons (Fsp3) is 0.200. The quantitative estimate of drug-likeness (QED) is 0.338. The van der Waals surface area contributed by atoms with E-state index in [-0.39, 0.29) is 0 Å². The minimum Gasteiger partial charge on any atom is -0.333 e. The van der Waals surface area contributed by atoms with E-state index in [0.29, 0.717) is 11.6 Å². The summed E-state index contributed by atoms with van der Waals surface area (Å²) in [6.07, 6.45) is 0. The van der Waals surface area contributed by atoms with E-state index in [1.165, 1.54) is 11.9 Å². The number of nitrogens with two attached hydrogens (primary N) is 1. The van der Waals surface area contributed by atoms with Crippen molar-refractivity contribution in [3.8, 4) is 0 Å². The fourth-order valence-corrected chi connectivity index (χ4v) is 1.30. The lowest BCUT2D eigenvalue weighted by Crippen LogP contribution is -2.43. The van der Waals surface area contributed by atoms with Crippen molar-refractivity contribution in [2.45, 2.75) is 6.54 Å². The van der Waals surface area contributed by atoms with Crippen LogP contribution < -0.4 is 11.3 Å². The number of rotatable bonds is 2. The van der Waals surface area contributed by atoms with E-state index in [0.717, 1.165) is 5.56 Å². The molecule has 0 spiro atoms. The van der Waals surface area contributed by atoms with Gasteiger partial charge in [0.1, 0.15) is 0 Å². The summed E-state index contributed by atoms with van der Waals surface area (Å²) < 4.78 is 0. The maximum atomic E-state index is 11.4. The molecule has 0 saturated carbocycles. The van der Waals surface area contributed by atoms with E-state index in [9.17, 15) is 9.59 Å². The van der Waals surface area contributed by atoms with Crippen molar-refractivity contribution in [1.29, 1.82) is 0 Å². The average molecular weight is 242 g/mol. The third-order valence-electron chi connectivity index (χ3n) is 2.01. The summed E-state index contributed by atoms with van der Waals surface area (Å²) >= 11 is 5.72. The summed E-state index contributed by atoms with van der Waals surface area (Å²) in [7, 11) is 1.52. The number of halogens is 1. The normalized spacial score (nSPS) is 9.69. The zero-order chi connectivity index (χ0) is 12.1. The minimum absolute atomic E-state index is 0.323. The first-order chi connectivity index (χ1) is 7.54. The van der Waals surface area contributed by atoms with Gasteiger partial charge in [-0.25, -0.2) is 5.84 Å². The fourth-order valence-electron chi connectivity index (χ4n) is 1.17. The van der Waals surface area contributed by atoms with Crippen molar-refractivity contribution in [2.24, 2.45) is 5.84 Å². The molecule has 1 aromatic carbocycles. The number of hydrogen-bond donors (Lipinski definition) is 2. The number of carbonyl (C=O) groups excluding carboxylic acids is 2. The van der Waals surface area contributed by atoms with Crippen LogP contribution >= 0.6 is 11.6 Å². The Labute approximate surface area is 98.1 Å². The van der Waals surface area contributed by atoms with Crippen LogP contribution in [0.4, 0.5) is 0 Å². The second-order valence-electron chi connectivity index (χ2n) is 3.26. The van der Waals surface area contributed by atoms with Crippen molar-refractivity contribution < 1.29 is 9.59 Å². The molecule has 0 aromatic heterocycles. The number of amides is 2. The van der Waals surface area contributed by atoms with Crippen molar-refractivity contribution in [3.63, 3.8) is 0 Å². The van der Waals surface area contributed by atoms with Gasteiger partial charge in [0, 0.05) is 18.6 Å². The van der Waals surface area contributed by atoms with E-state index < -0.39 is 11.8 Å². The molecule has 0 heterocycles. The van der Waals surface area contributed by atoms with E-state index >= 15 is 0 Å². The Kier molecular flexibility index (Phi) is 4.28. The minimum atomic E-state index is -0.837. The van der Waals surface area contributed by atoms with Crippen LogP contribution in [0.2, 0.25) is 5.02 Å². The van der Waals surface area contributed by atoms with E-state index in [4.69, 9.17) is 17.4 Å². The number of benzene rings is 1. The lowest BCUT2D eigenvalue weighted by Gasteiger charge is -2.15. The van der Waals surface area contributed by atoms with E-state index in [2.05, 4.69) is 0 Å². The van der Waals surface area contributed by atoms with Gasteiger partial charge < -0.3 is 4.90 Å². The maximum Gasteiger partial charge on any atom is 0.323 e. The SMILES string of the molecule is CN(Cc1ccc(Cl)cc1)C(=O)C(=O)NN. The van der Waals surface area contributed by atoms with Gasteiger partial charge in [-0.1, -0.05) is 23.7 Å². The largest absolute Gasteiger partial charge is 0.333 e. The van der Waals surface area contributed by atoms with Gasteiger partial charge in [-0.05, 0) is 17.7 Å². The molecule has 0 saturated heterocycles. The molecule has 0 fully saturated rings. The Hall–Kier alpha value is -1.59. The van der Waals surface area contributed by atoms with Crippen molar-refractivity contribution in [3.05, 3.63) is 34.9 Å². The van der Waals surface area contributed by atoms with Crippen molar-refractivity contribution in [2.75, 3.05) is 7.05 Å². The van der Waals surface area contributed by atoms with Crippen LogP contribution in [0, 0.1) is 0 Å². The third-order valence-corrected chi connectivity index (χ3v) is 2.26. The lowest BCUT2D eigenvalue weighted by atomic mass is 10.2. The molecule has 0 bridgehead atoms. The molecule has 86 valence electrons. The molecule has 6 heteroatoms. The summed E-state index contributed by atoms with van der Waals surface area (Å²) in [5.41, 5.74) is 2.67. The third kappa shape index (κ3) is 3.22. The number of hydrogen-bond acceptors (Lipinski definition) is 3. The maximum absolute atomic E-state index is 11.4. The van der Waals surface area contributed by atoms with E-state index in [1.807, 2.05) is 0 Å². The van der Waals surface area contributed by atoms with Crippen molar-refractivity contribution in [1.82, 2.24) is 10.3 Å².